The summed E-state index contributed by atoms with van der Waals surface area (Å²) in [6.45, 7) is 1.65. The molecule has 202 valence electrons. The van der Waals surface area contributed by atoms with E-state index in [-0.39, 0.29) is 19.7 Å². The van der Waals surface area contributed by atoms with Gasteiger partial charge in [-0.25, -0.2) is 9.59 Å². The number of hydrogen-bond donors (Lipinski definition) is 1. The second kappa shape index (κ2) is 10.6. The molecule has 0 aliphatic carbocycles. The molecule has 5 aromatic rings. The van der Waals surface area contributed by atoms with Crippen molar-refractivity contribution in [2.24, 2.45) is 0 Å². The van der Waals surface area contributed by atoms with Crippen LogP contribution in [0.25, 0.3) is 32.7 Å². The van der Waals surface area contributed by atoms with E-state index in [9.17, 15) is 22.8 Å². The average molecular weight is 569 g/mol. The van der Waals surface area contributed by atoms with E-state index in [2.05, 4.69) is 14.7 Å². The molecular formula is C26H24N4O7S2. The molecular weight excluding hydrogens is 544 g/mol. The van der Waals surface area contributed by atoms with Gasteiger partial charge in [-0.15, -0.1) is 11.3 Å². The highest BCUT2D eigenvalue weighted by molar-refractivity contribution is 7.85. The maximum atomic E-state index is 13.4. The Kier molecular flexibility index (Phi) is 7.21. The normalized spacial score (nSPS) is 11.8. The fourth-order valence-electron chi connectivity index (χ4n) is 4.30. The molecule has 1 N–H and O–H groups in total. The Labute approximate surface area is 226 Å². The van der Waals surface area contributed by atoms with Crippen molar-refractivity contribution in [1.82, 2.24) is 19.3 Å². The fraction of sp³-hybridized carbons (Fsp3) is 0.231. The van der Waals surface area contributed by atoms with Gasteiger partial charge in [0, 0.05) is 10.4 Å². The molecule has 39 heavy (non-hydrogen) atoms. The molecule has 0 amide bonds. The third kappa shape index (κ3) is 5.55. The van der Waals surface area contributed by atoms with E-state index in [1.807, 2.05) is 55.5 Å². The molecule has 0 aliphatic heterocycles. The number of aromatic nitrogens is 4. The molecule has 5 rings (SSSR count). The van der Waals surface area contributed by atoms with E-state index in [0.717, 1.165) is 32.4 Å². The van der Waals surface area contributed by atoms with Crippen LogP contribution in [0.5, 0.6) is 0 Å². The molecule has 0 bridgehead atoms. The highest BCUT2D eigenvalue weighted by Crippen LogP contribution is 2.30. The van der Waals surface area contributed by atoms with Crippen LogP contribution < -0.4 is 17.0 Å². The standard InChI is InChI=1S/C26H24N4O7S2/c1-3-18-14-21-23(31)29(12-13-36-39(2,34)35)26(33)30(24(21)38-18)15-16-8-10-17(11-9-16)19-6-4-5-7-20(19)22-27-25(32)37-28-22/h4-11,14H,3,12-13,15H2,1-2H3,(H,27,28,32). The zero-order valence-electron chi connectivity index (χ0n) is 21.0. The predicted octanol–water partition coefficient (Wildman–Crippen LogP) is 2.82. The van der Waals surface area contributed by atoms with Crippen LogP contribution in [-0.4, -0.2) is 40.6 Å². The van der Waals surface area contributed by atoms with E-state index in [1.165, 1.54) is 15.9 Å². The first-order chi connectivity index (χ1) is 18.6. The van der Waals surface area contributed by atoms with Gasteiger partial charge in [-0.3, -0.25) is 27.6 Å². The number of rotatable bonds is 9. The molecule has 3 heterocycles. The van der Waals surface area contributed by atoms with E-state index in [0.29, 0.717) is 28.0 Å². The SMILES string of the molecule is CCc1cc2c(=O)n(CCOS(C)(=O)=O)c(=O)n(Cc3ccc(-c4ccccc4-c4noc(=O)[nH]4)cc3)c2s1. The first kappa shape index (κ1) is 26.5. The lowest BCUT2D eigenvalue weighted by Crippen LogP contribution is -2.40. The summed E-state index contributed by atoms with van der Waals surface area (Å²) in [5.41, 5.74) is 2.19. The van der Waals surface area contributed by atoms with Crippen LogP contribution in [0, 0.1) is 0 Å². The Morgan fingerprint density at radius 1 is 1.03 bits per heavy atom. The van der Waals surface area contributed by atoms with E-state index in [4.69, 9.17) is 4.18 Å². The van der Waals surface area contributed by atoms with Crippen LogP contribution in [0.2, 0.25) is 0 Å². The number of hydrogen-bond acceptors (Lipinski definition) is 9. The molecule has 0 radical (unpaired) electrons. The lowest BCUT2D eigenvalue weighted by Gasteiger charge is -2.13. The smallest absolute Gasteiger partial charge is 0.296 e. The largest absolute Gasteiger partial charge is 0.439 e. The van der Waals surface area contributed by atoms with Crippen LogP contribution in [0.3, 0.4) is 0 Å². The summed E-state index contributed by atoms with van der Waals surface area (Å²) in [4.78, 5) is 42.1. The third-order valence-corrected chi connectivity index (χ3v) is 8.03. The molecule has 0 atom stereocenters. The van der Waals surface area contributed by atoms with Crippen molar-refractivity contribution in [1.29, 1.82) is 0 Å². The van der Waals surface area contributed by atoms with Crippen molar-refractivity contribution >= 4 is 31.7 Å². The number of thiophene rings is 1. The van der Waals surface area contributed by atoms with Crippen LogP contribution in [-0.2, 0) is 33.8 Å². The fourth-order valence-corrected chi connectivity index (χ4v) is 5.76. The summed E-state index contributed by atoms with van der Waals surface area (Å²) >= 11 is 1.39. The number of fused-ring (bicyclic) bond motifs is 1. The minimum Gasteiger partial charge on any atom is -0.296 e. The van der Waals surface area contributed by atoms with Crippen molar-refractivity contribution in [3.05, 3.63) is 96.4 Å². The van der Waals surface area contributed by atoms with Gasteiger partial charge >= 0.3 is 11.4 Å². The quantitative estimate of drug-likeness (QED) is 0.267. The molecule has 11 nitrogen and oxygen atoms in total. The van der Waals surface area contributed by atoms with E-state index >= 15 is 0 Å². The molecule has 0 aliphatic rings. The van der Waals surface area contributed by atoms with Gasteiger partial charge in [-0.1, -0.05) is 60.6 Å². The van der Waals surface area contributed by atoms with Crippen molar-refractivity contribution in [2.45, 2.75) is 26.4 Å². The molecule has 0 saturated carbocycles. The van der Waals surface area contributed by atoms with Gasteiger partial charge in [-0.05, 0) is 29.2 Å². The van der Waals surface area contributed by atoms with Gasteiger partial charge in [0.1, 0.15) is 4.83 Å². The molecule has 0 saturated heterocycles. The number of benzene rings is 2. The summed E-state index contributed by atoms with van der Waals surface area (Å²) < 4.78 is 34.7. The Morgan fingerprint density at radius 3 is 2.38 bits per heavy atom. The monoisotopic (exact) mass is 568 g/mol. The number of nitrogens with one attached hydrogen (secondary N) is 1. The van der Waals surface area contributed by atoms with Crippen molar-refractivity contribution in [2.75, 3.05) is 12.9 Å². The molecule has 3 aromatic heterocycles. The summed E-state index contributed by atoms with van der Waals surface area (Å²) in [7, 11) is -3.72. The maximum Gasteiger partial charge on any atom is 0.439 e. The van der Waals surface area contributed by atoms with Gasteiger partial charge in [-0.2, -0.15) is 8.42 Å². The van der Waals surface area contributed by atoms with Crippen LogP contribution in [0.15, 0.2) is 73.5 Å². The second-order valence-corrected chi connectivity index (χ2v) is 11.6. The van der Waals surface area contributed by atoms with Gasteiger partial charge in [0.05, 0.1) is 31.3 Å². The second-order valence-electron chi connectivity index (χ2n) is 8.82. The Hall–Kier alpha value is -4.07. The van der Waals surface area contributed by atoms with E-state index in [1.54, 1.807) is 6.07 Å². The molecule has 0 spiro atoms. The van der Waals surface area contributed by atoms with Crippen molar-refractivity contribution < 1.29 is 17.1 Å². The third-order valence-electron chi connectivity index (χ3n) is 6.13. The minimum absolute atomic E-state index is 0.197. The Balaban J connectivity index is 1.51. The predicted molar refractivity (Wildman–Crippen MR) is 148 cm³/mol. The number of nitrogens with zero attached hydrogens (tertiary/aromatic N) is 3. The first-order valence-electron chi connectivity index (χ1n) is 12.0. The van der Waals surface area contributed by atoms with Gasteiger partial charge < -0.3 is 0 Å². The lowest BCUT2D eigenvalue weighted by molar-refractivity contribution is 0.298. The summed E-state index contributed by atoms with van der Waals surface area (Å²) in [6.07, 6.45) is 1.62. The van der Waals surface area contributed by atoms with Crippen LogP contribution in [0.1, 0.15) is 17.4 Å². The van der Waals surface area contributed by atoms with Crippen LogP contribution >= 0.6 is 11.3 Å². The number of H-pyrrole nitrogens is 1. The van der Waals surface area contributed by atoms with Crippen molar-refractivity contribution in [3.8, 4) is 22.5 Å². The number of aryl methyl sites for hydroxylation is 1. The summed E-state index contributed by atoms with van der Waals surface area (Å²) in [5.74, 6) is -0.323. The Morgan fingerprint density at radius 2 is 1.74 bits per heavy atom. The lowest BCUT2D eigenvalue weighted by atomic mass is 9.98. The van der Waals surface area contributed by atoms with Gasteiger partial charge in [0.15, 0.2) is 5.82 Å². The maximum absolute atomic E-state index is 13.4. The van der Waals surface area contributed by atoms with Gasteiger partial charge in [0.2, 0.25) is 0 Å². The highest BCUT2D eigenvalue weighted by atomic mass is 32.2. The van der Waals surface area contributed by atoms with Crippen LogP contribution in [0.4, 0.5) is 0 Å². The average Bonchev–Trinajstić information content (AvgIpc) is 3.55. The highest BCUT2D eigenvalue weighted by Gasteiger charge is 2.17. The molecule has 13 heteroatoms. The molecule has 2 aromatic carbocycles. The first-order valence-corrected chi connectivity index (χ1v) is 14.6. The zero-order chi connectivity index (χ0) is 27.7. The number of aromatic amines is 1. The van der Waals surface area contributed by atoms with E-state index < -0.39 is 27.1 Å². The Bertz CT molecular complexity index is 1950. The minimum atomic E-state index is -3.72. The topological polar surface area (TPSA) is 146 Å². The van der Waals surface area contributed by atoms with Crippen molar-refractivity contribution in [3.63, 3.8) is 0 Å². The van der Waals surface area contributed by atoms with Gasteiger partial charge in [0.25, 0.3) is 15.7 Å². The zero-order valence-corrected chi connectivity index (χ0v) is 22.7. The summed E-state index contributed by atoms with van der Waals surface area (Å²) in [6, 6.07) is 16.8. The molecule has 0 unspecified atom stereocenters. The summed E-state index contributed by atoms with van der Waals surface area (Å²) in [5, 5.41) is 4.20. The molecule has 0 fully saturated rings.